The van der Waals surface area contributed by atoms with E-state index in [-0.39, 0.29) is 5.91 Å². The van der Waals surface area contributed by atoms with Crippen LogP contribution < -0.4 is 5.32 Å². The van der Waals surface area contributed by atoms with Crippen LogP contribution in [0.2, 0.25) is 0 Å². The number of carbonyl (C=O) groups excluding carboxylic acids is 1. The molecule has 0 spiro atoms. The van der Waals surface area contributed by atoms with Crippen molar-refractivity contribution in [1.29, 1.82) is 0 Å². The minimum Gasteiger partial charge on any atom is -0.352 e. The van der Waals surface area contributed by atoms with Gasteiger partial charge >= 0.3 is 0 Å². The van der Waals surface area contributed by atoms with Gasteiger partial charge in [-0.2, -0.15) is 0 Å². The third-order valence-corrected chi connectivity index (χ3v) is 2.85. The van der Waals surface area contributed by atoms with Gasteiger partial charge in [-0.3, -0.25) is 4.79 Å². The van der Waals surface area contributed by atoms with Gasteiger partial charge in [-0.05, 0) is 37.0 Å². The van der Waals surface area contributed by atoms with Crippen molar-refractivity contribution in [3.8, 4) is 0 Å². The van der Waals surface area contributed by atoms with Crippen molar-refractivity contribution in [2.75, 3.05) is 6.54 Å². The van der Waals surface area contributed by atoms with Crippen LogP contribution in [0.1, 0.15) is 55.5 Å². The SMILES string of the molecule is CCCCNC(=O)c1ccc(CCCC)cc1. The maximum atomic E-state index is 11.7. The standard InChI is InChI=1S/C15H23NO/c1-3-5-7-13-8-10-14(11-9-13)15(17)16-12-6-4-2/h8-11H,3-7,12H2,1-2H3,(H,16,17). The van der Waals surface area contributed by atoms with Crippen LogP contribution in [-0.2, 0) is 6.42 Å². The second-order valence-electron chi connectivity index (χ2n) is 4.41. The van der Waals surface area contributed by atoms with Gasteiger partial charge < -0.3 is 5.32 Å². The molecule has 1 aromatic carbocycles. The van der Waals surface area contributed by atoms with Crippen LogP contribution in [0.4, 0.5) is 0 Å². The number of aryl methyl sites for hydroxylation is 1. The zero-order valence-electron chi connectivity index (χ0n) is 11.0. The van der Waals surface area contributed by atoms with Crippen LogP contribution in [0.5, 0.6) is 0 Å². The second kappa shape index (κ2) is 7.88. The van der Waals surface area contributed by atoms with Gasteiger partial charge in [0.05, 0.1) is 0 Å². The topological polar surface area (TPSA) is 29.1 Å². The second-order valence-corrected chi connectivity index (χ2v) is 4.41. The lowest BCUT2D eigenvalue weighted by Gasteiger charge is -2.05. The molecule has 2 heteroatoms. The smallest absolute Gasteiger partial charge is 0.251 e. The van der Waals surface area contributed by atoms with E-state index in [1.54, 1.807) is 0 Å². The van der Waals surface area contributed by atoms with Gasteiger partial charge in [0.15, 0.2) is 0 Å². The summed E-state index contributed by atoms with van der Waals surface area (Å²) in [7, 11) is 0. The third kappa shape index (κ3) is 5.03. The summed E-state index contributed by atoms with van der Waals surface area (Å²) in [5.74, 6) is 0.0421. The molecular weight excluding hydrogens is 210 g/mol. The number of hydrogen-bond donors (Lipinski definition) is 1. The summed E-state index contributed by atoms with van der Waals surface area (Å²) >= 11 is 0. The fraction of sp³-hybridized carbons (Fsp3) is 0.533. The van der Waals surface area contributed by atoms with Gasteiger partial charge in [0.1, 0.15) is 0 Å². The highest BCUT2D eigenvalue weighted by Crippen LogP contribution is 2.07. The van der Waals surface area contributed by atoms with Crippen LogP contribution in [-0.4, -0.2) is 12.5 Å². The van der Waals surface area contributed by atoms with E-state index in [0.717, 1.165) is 31.4 Å². The van der Waals surface area contributed by atoms with Gasteiger partial charge in [0, 0.05) is 12.1 Å². The van der Waals surface area contributed by atoms with Crippen molar-refractivity contribution in [2.24, 2.45) is 0 Å². The first-order valence-electron chi connectivity index (χ1n) is 6.65. The molecule has 0 atom stereocenters. The number of unbranched alkanes of at least 4 members (excludes halogenated alkanes) is 2. The minimum absolute atomic E-state index is 0.0421. The number of nitrogens with one attached hydrogen (secondary N) is 1. The lowest BCUT2D eigenvalue weighted by atomic mass is 10.1. The number of benzene rings is 1. The number of rotatable bonds is 7. The van der Waals surface area contributed by atoms with Crippen LogP contribution in [0, 0.1) is 0 Å². The van der Waals surface area contributed by atoms with Gasteiger partial charge in [-0.25, -0.2) is 0 Å². The molecule has 1 amide bonds. The Morgan fingerprint density at radius 1 is 1.06 bits per heavy atom. The molecule has 0 unspecified atom stereocenters. The van der Waals surface area contributed by atoms with Crippen LogP contribution >= 0.6 is 0 Å². The predicted molar refractivity (Wildman–Crippen MR) is 72.3 cm³/mol. The molecule has 1 aromatic rings. The molecule has 0 aliphatic heterocycles. The molecule has 0 heterocycles. The summed E-state index contributed by atoms with van der Waals surface area (Å²) in [6.07, 6.45) is 5.67. The number of carbonyl (C=O) groups is 1. The molecule has 17 heavy (non-hydrogen) atoms. The van der Waals surface area contributed by atoms with E-state index in [9.17, 15) is 4.79 Å². The average molecular weight is 233 g/mol. The number of hydrogen-bond acceptors (Lipinski definition) is 1. The van der Waals surface area contributed by atoms with E-state index in [4.69, 9.17) is 0 Å². The van der Waals surface area contributed by atoms with E-state index in [0.29, 0.717) is 0 Å². The normalized spacial score (nSPS) is 10.2. The van der Waals surface area contributed by atoms with Gasteiger partial charge in [0.25, 0.3) is 5.91 Å². The lowest BCUT2D eigenvalue weighted by Crippen LogP contribution is -2.24. The summed E-state index contributed by atoms with van der Waals surface area (Å²) < 4.78 is 0. The molecule has 0 aliphatic carbocycles. The Hall–Kier alpha value is -1.31. The monoisotopic (exact) mass is 233 g/mol. The van der Waals surface area contributed by atoms with E-state index in [1.165, 1.54) is 18.4 Å². The highest BCUT2D eigenvalue weighted by atomic mass is 16.1. The first kappa shape index (κ1) is 13.8. The highest BCUT2D eigenvalue weighted by Gasteiger charge is 2.03. The predicted octanol–water partition coefficient (Wildman–Crippen LogP) is 3.56. The van der Waals surface area contributed by atoms with Crippen molar-refractivity contribution >= 4 is 5.91 Å². The fourth-order valence-electron chi connectivity index (χ4n) is 1.68. The van der Waals surface area contributed by atoms with Gasteiger partial charge in [-0.15, -0.1) is 0 Å². The van der Waals surface area contributed by atoms with E-state index in [1.807, 2.05) is 12.1 Å². The number of amides is 1. The Morgan fingerprint density at radius 2 is 1.71 bits per heavy atom. The molecule has 1 N–H and O–H groups in total. The summed E-state index contributed by atoms with van der Waals surface area (Å²) in [6, 6.07) is 7.97. The minimum atomic E-state index is 0.0421. The summed E-state index contributed by atoms with van der Waals surface area (Å²) in [5.41, 5.74) is 2.08. The molecule has 0 radical (unpaired) electrons. The summed E-state index contributed by atoms with van der Waals surface area (Å²) in [5, 5.41) is 2.92. The summed E-state index contributed by atoms with van der Waals surface area (Å²) in [6.45, 7) is 5.08. The van der Waals surface area contributed by atoms with E-state index < -0.39 is 0 Å². The molecule has 0 bridgehead atoms. The Balaban J connectivity index is 2.46. The van der Waals surface area contributed by atoms with Gasteiger partial charge in [0.2, 0.25) is 0 Å². The molecule has 0 saturated carbocycles. The zero-order valence-corrected chi connectivity index (χ0v) is 11.0. The maximum absolute atomic E-state index is 11.7. The molecule has 0 fully saturated rings. The first-order chi connectivity index (χ1) is 8.27. The Kier molecular flexibility index (Phi) is 6.38. The van der Waals surface area contributed by atoms with Crippen molar-refractivity contribution < 1.29 is 4.79 Å². The van der Waals surface area contributed by atoms with Crippen molar-refractivity contribution in [3.63, 3.8) is 0 Å². The quantitative estimate of drug-likeness (QED) is 0.717. The van der Waals surface area contributed by atoms with E-state index >= 15 is 0 Å². The molecule has 2 nitrogen and oxygen atoms in total. The molecular formula is C15H23NO. The molecule has 0 aliphatic rings. The highest BCUT2D eigenvalue weighted by molar-refractivity contribution is 5.94. The van der Waals surface area contributed by atoms with E-state index in [2.05, 4.69) is 31.3 Å². The van der Waals surface area contributed by atoms with Gasteiger partial charge in [-0.1, -0.05) is 38.8 Å². The zero-order chi connectivity index (χ0) is 12.5. The summed E-state index contributed by atoms with van der Waals surface area (Å²) in [4.78, 5) is 11.7. The van der Waals surface area contributed by atoms with Crippen molar-refractivity contribution in [1.82, 2.24) is 5.32 Å². The molecule has 94 valence electrons. The Bertz CT molecular complexity index is 329. The Labute approximate surface area is 104 Å². The average Bonchev–Trinajstić information content (AvgIpc) is 2.37. The first-order valence-corrected chi connectivity index (χ1v) is 6.65. The molecule has 0 aromatic heterocycles. The maximum Gasteiger partial charge on any atom is 0.251 e. The lowest BCUT2D eigenvalue weighted by molar-refractivity contribution is 0.0953. The fourth-order valence-corrected chi connectivity index (χ4v) is 1.68. The molecule has 0 saturated heterocycles. The van der Waals surface area contributed by atoms with Crippen molar-refractivity contribution in [3.05, 3.63) is 35.4 Å². The van der Waals surface area contributed by atoms with Crippen LogP contribution in [0.25, 0.3) is 0 Å². The molecule has 1 rings (SSSR count). The Morgan fingerprint density at radius 3 is 2.29 bits per heavy atom. The van der Waals surface area contributed by atoms with Crippen molar-refractivity contribution in [2.45, 2.75) is 46.0 Å². The third-order valence-electron chi connectivity index (χ3n) is 2.85. The van der Waals surface area contributed by atoms with Crippen LogP contribution in [0.15, 0.2) is 24.3 Å². The largest absolute Gasteiger partial charge is 0.352 e. The van der Waals surface area contributed by atoms with Crippen LogP contribution in [0.3, 0.4) is 0 Å².